The highest BCUT2D eigenvalue weighted by atomic mass is 16.5. The predicted octanol–water partition coefficient (Wildman–Crippen LogP) is 2.72. The zero-order chi connectivity index (χ0) is 16.3. The molecule has 0 saturated carbocycles. The van der Waals surface area contributed by atoms with Crippen LogP contribution in [0.2, 0.25) is 0 Å². The largest absolute Gasteiger partial charge is 0.481 e. The van der Waals surface area contributed by atoms with Gasteiger partial charge in [0.05, 0.1) is 6.42 Å². The van der Waals surface area contributed by atoms with Gasteiger partial charge in [-0.2, -0.15) is 0 Å². The van der Waals surface area contributed by atoms with Gasteiger partial charge in [-0.15, -0.1) is 0 Å². The van der Waals surface area contributed by atoms with Crippen molar-refractivity contribution >= 4 is 17.7 Å². The molecule has 1 aromatic heterocycles. The van der Waals surface area contributed by atoms with E-state index in [2.05, 4.69) is 5.16 Å². The van der Waals surface area contributed by atoms with Crippen LogP contribution in [0.3, 0.4) is 0 Å². The van der Waals surface area contributed by atoms with Gasteiger partial charge < -0.3 is 9.63 Å². The van der Waals surface area contributed by atoms with Crippen LogP contribution in [0.4, 0.5) is 5.82 Å². The number of hydrogen-bond donors (Lipinski definition) is 1. The van der Waals surface area contributed by atoms with Crippen LogP contribution < -0.4 is 4.90 Å². The summed E-state index contributed by atoms with van der Waals surface area (Å²) in [7, 11) is 0. The molecule has 0 bridgehead atoms. The van der Waals surface area contributed by atoms with Crippen molar-refractivity contribution in [2.75, 3.05) is 11.4 Å². The van der Waals surface area contributed by atoms with Gasteiger partial charge in [0.1, 0.15) is 5.76 Å². The number of benzene rings is 1. The number of carboxylic acid groups (broad SMARTS) is 1. The zero-order valence-corrected chi connectivity index (χ0v) is 12.8. The lowest BCUT2D eigenvalue weighted by molar-refractivity contribution is -0.136. The van der Waals surface area contributed by atoms with Crippen LogP contribution >= 0.6 is 0 Å². The molecule has 22 heavy (non-hydrogen) atoms. The van der Waals surface area contributed by atoms with Crippen LogP contribution in [0.25, 0.3) is 0 Å². The Hall–Kier alpha value is -2.63. The van der Waals surface area contributed by atoms with E-state index in [1.807, 2.05) is 19.9 Å². The molecular weight excluding hydrogens is 284 g/mol. The summed E-state index contributed by atoms with van der Waals surface area (Å²) in [5.74, 6) is -0.388. The Labute approximate surface area is 128 Å². The van der Waals surface area contributed by atoms with E-state index in [1.165, 1.54) is 4.90 Å². The number of amides is 1. The molecule has 0 aliphatic heterocycles. The Morgan fingerprint density at radius 1 is 1.18 bits per heavy atom. The summed E-state index contributed by atoms with van der Waals surface area (Å²) in [6, 6.07) is 7.00. The number of anilines is 1. The molecular formula is C16H18N2O4. The molecule has 0 atom stereocenters. The summed E-state index contributed by atoms with van der Waals surface area (Å²) in [6.07, 6.45) is -0.164. The number of aryl methyl sites for hydroxylation is 3. The Balaban J connectivity index is 2.32. The molecule has 1 N–H and O–H groups in total. The van der Waals surface area contributed by atoms with Gasteiger partial charge in [-0.05, 0) is 44.0 Å². The van der Waals surface area contributed by atoms with E-state index < -0.39 is 5.97 Å². The van der Waals surface area contributed by atoms with Crippen molar-refractivity contribution in [2.45, 2.75) is 27.2 Å². The minimum absolute atomic E-state index is 0.0348. The Bertz CT molecular complexity index is 706. The molecule has 1 aromatic carbocycles. The summed E-state index contributed by atoms with van der Waals surface area (Å²) in [5, 5.41) is 12.7. The SMILES string of the molecule is Cc1cc(N(CCC(=O)O)C(=O)c2ccc(C)c(C)c2)no1. The molecule has 2 aromatic rings. The number of hydrogen-bond acceptors (Lipinski definition) is 4. The number of nitrogens with zero attached hydrogens (tertiary/aromatic N) is 2. The summed E-state index contributed by atoms with van der Waals surface area (Å²) in [4.78, 5) is 24.8. The van der Waals surface area contributed by atoms with Crippen molar-refractivity contribution in [2.24, 2.45) is 0 Å². The molecule has 116 valence electrons. The van der Waals surface area contributed by atoms with E-state index in [-0.39, 0.29) is 18.9 Å². The minimum Gasteiger partial charge on any atom is -0.481 e. The van der Waals surface area contributed by atoms with Gasteiger partial charge in [0.15, 0.2) is 5.82 Å². The van der Waals surface area contributed by atoms with Gasteiger partial charge in [-0.25, -0.2) is 0 Å². The zero-order valence-electron chi connectivity index (χ0n) is 12.8. The third-order valence-electron chi connectivity index (χ3n) is 3.44. The number of rotatable bonds is 5. The van der Waals surface area contributed by atoms with E-state index in [9.17, 15) is 9.59 Å². The molecule has 6 heteroatoms. The van der Waals surface area contributed by atoms with Gasteiger partial charge in [0, 0.05) is 18.2 Å². The van der Waals surface area contributed by atoms with Crippen molar-refractivity contribution in [1.29, 1.82) is 0 Å². The van der Waals surface area contributed by atoms with E-state index in [0.29, 0.717) is 17.1 Å². The van der Waals surface area contributed by atoms with Crippen molar-refractivity contribution < 1.29 is 19.2 Å². The third kappa shape index (κ3) is 3.52. The topological polar surface area (TPSA) is 83.6 Å². The number of aromatic nitrogens is 1. The number of carboxylic acids is 1. The average molecular weight is 302 g/mol. The summed E-state index contributed by atoms with van der Waals surface area (Å²) < 4.78 is 4.99. The molecule has 2 rings (SSSR count). The van der Waals surface area contributed by atoms with Crippen LogP contribution in [0, 0.1) is 20.8 Å². The van der Waals surface area contributed by atoms with Crippen LogP contribution in [0.15, 0.2) is 28.8 Å². The monoisotopic (exact) mass is 302 g/mol. The predicted molar refractivity (Wildman–Crippen MR) is 81.1 cm³/mol. The van der Waals surface area contributed by atoms with Gasteiger partial charge in [0.25, 0.3) is 5.91 Å². The molecule has 0 radical (unpaired) electrons. The fourth-order valence-corrected chi connectivity index (χ4v) is 2.04. The highest BCUT2D eigenvalue weighted by molar-refractivity contribution is 6.05. The van der Waals surface area contributed by atoms with E-state index in [0.717, 1.165) is 11.1 Å². The van der Waals surface area contributed by atoms with Crippen LogP contribution in [0.5, 0.6) is 0 Å². The number of carbonyl (C=O) groups is 2. The first-order chi connectivity index (χ1) is 10.4. The van der Waals surface area contributed by atoms with Crippen LogP contribution in [0.1, 0.15) is 33.7 Å². The maximum Gasteiger partial charge on any atom is 0.305 e. The molecule has 1 amide bonds. The molecule has 0 spiro atoms. The van der Waals surface area contributed by atoms with Gasteiger partial charge >= 0.3 is 5.97 Å². The molecule has 6 nitrogen and oxygen atoms in total. The lowest BCUT2D eigenvalue weighted by Gasteiger charge is -2.19. The second-order valence-electron chi connectivity index (χ2n) is 5.20. The van der Waals surface area contributed by atoms with E-state index >= 15 is 0 Å². The Kier molecular flexibility index (Phi) is 4.60. The fourth-order valence-electron chi connectivity index (χ4n) is 2.04. The first-order valence-electron chi connectivity index (χ1n) is 6.92. The summed E-state index contributed by atoms with van der Waals surface area (Å²) >= 11 is 0. The first kappa shape index (κ1) is 15.8. The van der Waals surface area contributed by atoms with Crippen molar-refractivity contribution in [3.63, 3.8) is 0 Å². The second-order valence-corrected chi connectivity index (χ2v) is 5.20. The molecule has 0 fully saturated rings. The summed E-state index contributed by atoms with van der Waals surface area (Å²) in [6.45, 7) is 5.64. The van der Waals surface area contributed by atoms with Crippen LogP contribution in [-0.2, 0) is 4.79 Å². The smallest absolute Gasteiger partial charge is 0.305 e. The van der Waals surface area contributed by atoms with E-state index in [4.69, 9.17) is 9.63 Å². The molecule has 1 heterocycles. The maximum absolute atomic E-state index is 12.7. The highest BCUT2D eigenvalue weighted by Crippen LogP contribution is 2.19. The quantitative estimate of drug-likeness (QED) is 0.918. The lowest BCUT2D eigenvalue weighted by Crippen LogP contribution is -2.33. The highest BCUT2D eigenvalue weighted by Gasteiger charge is 2.21. The summed E-state index contributed by atoms with van der Waals surface area (Å²) in [5.41, 5.74) is 2.58. The van der Waals surface area contributed by atoms with Crippen molar-refractivity contribution in [1.82, 2.24) is 5.16 Å². The van der Waals surface area contributed by atoms with Gasteiger partial charge in [-0.1, -0.05) is 11.2 Å². The van der Waals surface area contributed by atoms with Crippen LogP contribution in [-0.4, -0.2) is 28.7 Å². The van der Waals surface area contributed by atoms with Gasteiger partial charge in [-0.3, -0.25) is 14.5 Å². The van der Waals surface area contributed by atoms with Crippen molar-refractivity contribution in [3.8, 4) is 0 Å². The normalized spacial score (nSPS) is 10.5. The fraction of sp³-hybridized carbons (Fsp3) is 0.312. The molecule has 0 aliphatic rings. The molecule has 0 saturated heterocycles. The van der Waals surface area contributed by atoms with Crippen molar-refractivity contribution in [3.05, 3.63) is 46.7 Å². The Morgan fingerprint density at radius 2 is 1.91 bits per heavy atom. The maximum atomic E-state index is 12.7. The lowest BCUT2D eigenvalue weighted by atomic mass is 10.1. The Morgan fingerprint density at radius 3 is 2.45 bits per heavy atom. The first-order valence-corrected chi connectivity index (χ1v) is 6.92. The molecule has 0 unspecified atom stereocenters. The van der Waals surface area contributed by atoms with Gasteiger partial charge in [0.2, 0.25) is 0 Å². The standard InChI is InChI=1S/C16H18N2O4/c1-10-4-5-13(8-11(10)2)16(21)18(7-6-15(19)20)14-9-12(3)22-17-14/h4-5,8-9H,6-7H2,1-3H3,(H,19,20). The number of aliphatic carboxylic acids is 1. The average Bonchev–Trinajstić information content (AvgIpc) is 2.88. The molecule has 0 aliphatic carbocycles. The minimum atomic E-state index is -0.974. The second kappa shape index (κ2) is 6.43. The number of carbonyl (C=O) groups excluding carboxylic acids is 1. The third-order valence-corrected chi connectivity index (χ3v) is 3.44. The van der Waals surface area contributed by atoms with E-state index in [1.54, 1.807) is 25.1 Å².